The lowest BCUT2D eigenvalue weighted by atomic mass is 9.92. The van der Waals surface area contributed by atoms with Crippen LogP contribution < -0.4 is 5.73 Å². The van der Waals surface area contributed by atoms with Gasteiger partial charge in [-0.2, -0.15) is 0 Å². The van der Waals surface area contributed by atoms with Gasteiger partial charge in [-0.15, -0.1) is 0 Å². The Bertz CT molecular complexity index is 372. The Labute approximate surface area is 121 Å². The Morgan fingerprint density at radius 2 is 2.05 bits per heavy atom. The first kappa shape index (κ1) is 14.3. The van der Waals surface area contributed by atoms with Crippen LogP contribution in [0.25, 0.3) is 0 Å². The van der Waals surface area contributed by atoms with Crippen molar-refractivity contribution < 1.29 is 9.53 Å². The summed E-state index contributed by atoms with van der Waals surface area (Å²) in [7, 11) is 1.45. The second-order valence-corrected chi connectivity index (χ2v) is 6.73. The number of piperidine rings is 1. The van der Waals surface area contributed by atoms with Crippen molar-refractivity contribution in [3.05, 3.63) is 0 Å². The van der Waals surface area contributed by atoms with Crippen LogP contribution in [-0.2, 0) is 9.53 Å². The van der Waals surface area contributed by atoms with Crippen LogP contribution in [0.2, 0.25) is 0 Å². The molecule has 3 aliphatic rings. The molecule has 1 aliphatic carbocycles. The molecule has 3 fully saturated rings. The molecule has 2 saturated heterocycles. The maximum absolute atomic E-state index is 12.1. The van der Waals surface area contributed by atoms with Crippen LogP contribution in [0.1, 0.15) is 32.1 Å². The van der Waals surface area contributed by atoms with Crippen molar-refractivity contribution in [1.82, 2.24) is 9.80 Å². The highest BCUT2D eigenvalue weighted by Gasteiger charge is 2.50. The van der Waals surface area contributed by atoms with E-state index >= 15 is 0 Å². The summed E-state index contributed by atoms with van der Waals surface area (Å²) in [5, 5.41) is 0. The lowest BCUT2D eigenvalue weighted by Gasteiger charge is -2.45. The number of nitrogens with zero attached hydrogens (tertiary/aromatic N) is 2. The van der Waals surface area contributed by atoms with Gasteiger partial charge in [-0.1, -0.05) is 6.42 Å². The van der Waals surface area contributed by atoms with Crippen molar-refractivity contribution in [2.45, 2.75) is 43.7 Å². The summed E-state index contributed by atoms with van der Waals surface area (Å²) in [5.41, 5.74) is 5.64. The first-order chi connectivity index (χ1) is 9.63. The van der Waals surface area contributed by atoms with Crippen LogP contribution in [-0.4, -0.2) is 67.2 Å². The summed E-state index contributed by atoms with van der Waals surface area (Å²) in [4.78, 5) is 17.1. The van der Waals surface area contributed by atoms with Gasteiger partial charge in [0.05, 0.1) is 7.11 Å². The molecule has 2 heterocycles. The predicted octanol–water partition coefficient (Wildman–Crippen LogP) is 0.437. The average Bonchev–Trinajstić information content (AvgIpc) is 3.31. The molecular formula is C15H27N3O2. The third kappa shape index (κ3) is 2.71. The minimum absolute atomic E-state index is 0.230. The fraction of sp³-hybridized carbons (Fsp3) is 0.933. The fourth-order valence-electron chi connectivity index (χ4n) is 3.88. The number of methoxy groups -OCH3 is 1. The molecule has 2 N–H and O–H groups in total. The number of carbonyl (C=O) groups excluding carboxylic acids is 1. The smallest absolute Gasteiger partial charge is 0.327 e. The van der Waals surface area contributed by atoms with Gasteiger partial charge in [0.1, 0.15) is 5.54 Å². The normalized spacial score (nSPS) is 31.4. The monoisotopic (exact) mass is 281 g/mol. The quantitative estimate of drug-likeness (QED) is 0.758. The lowest BCUT2D eigenvalue weighted by Crippen LogP contribution is -2.63. The molecule has 20 heavy (non-hydrogen) atoms. The van der Waals surface area contributed by atoms with Gasteiger partial charge in [0.25, 0.3) is 0 Å². The van der Waals surface area contributed by atoms with Crippen LogP contribution in [0.5, 0.6) is 0 Å². The highest BCUT2D eigenvalue weighted by Crippen LogP contribution is 2.39. The molecule has 114 valence electrons. The zero-order valence-corrected chi connectivity index (χ0v) is 12.5. The third-order valence-electron chi connectivity index (χ3n) is 5.28. The molecule has 0 bridgehead atoms. The second-order valence-electron chi connectivity index (χ2n) is 6.73. The van der Waals surface area contributed by atoms with E-state index in [0.29, 0.717) is 18.5 Å². The van der Waals surface area contributed by atoms with E-state index in [1.54, 1.807) is 0 Å². The molecule has 0 amide bonds. The molecule has 0 radical (unpaired) electrons. The summed E-state index contributed by atoms with van der Waals surface area (Å²) in [6.07, 6.45) is 6.09. The number of hydrogen-bond donors (Lipinski definition) is 1. The standard InChI is InChI=1S/C15H27N3O2/c1-20-14(19)15(16,12-5-6-12)11-17-8-9-18-7-3-2-4-13(18)10-17/h12-13H,2-11,16H2,1H3. The summed E-state index contributed by atoms with van der Waals surface area (Å²) in [6, 6.07) is 0.665. The zero-order chi connectivity index (χ0) is 14.2. The molecule has 1 saturated carbocycles. The zero-order valence-electron chi connectivity index (χ0n) is 12.5. The molecule has 2 unspecified atom stereocenters. The van der Waals surface area contributed by atoms with Gasteiger partial charge in [-0.25, -0.2) is 0 Å². The molecular weight excluding hydrogens is 254 g/mol. The van der Waals surface area contributed by atoms with Gasteiger partial charge in [-0.3, -0.25) is 14.6 Å². The summed E-state index contributed by atoms with van der Waals surface area (Å²) >= 11 is 0. The van der Waals surface area contributed by atoms with E-state index in [0.717, 1.165) is 32.5 Å². The molecule has 5 nitrogen and oxygen atoms in total. The van der Waals surface area contributed by atoms with Gasteiger partial charge in [-0.05, 0) is 38.1 Å². The van der Waals surface area contributed by atoms with E-state index in [-0.39, 0.29) is 5.97 Å². The topological polar surface area (TPSA) is 58.8 Å². The molecule has 0 aromatic rings. The number of piperazine rings is 1. The SMILES string of the molecule is COC(=O)C(N)(CN1CCN2CCCCC2C1)C1CC1. The van der Waals surface area contributed by atoms with Crippen LogP contribution >= 0.6 is 0 Å². The Kier molecular flexibility index (Phi) is 4.02. The largest absolute Gasteiger partial charge is 0.468 e. The van der Waals surface area contributed by atoms with E-state index in [1.165, 1.54) is 32.9 Å². The molecule has 0 spiro atoms. The number of carbonyl (C=O) groups is 1. The molecule has 0 aromatic carbocycles. The average molecular weight is 281 g/mol. The summed E-state index contributed by atoms with van der Waals surface area (Å²) in [5.74, 6) is 0.0883. The van der Waals surface area contributed by atoms with Crippen LogP contribution in [0.15, 0.2) is 0 Å². The highest BCUT2D eigenvalue weighted by molar-refractivity contribution is 5.81. The van der Waals surface area contributed by atoms with E-state index in [9.17, 15) is 4.79 Å². The maximum Gasteiger partial charge on any atom is 0.327 e. The molecule has 3 rings (SSSR count). The van der Waals surface area contributed by atoms with E-state index in [1.807, 2.05) is 0 Å². The van der Waals surface area contributed by atoms with Crippen molar-refractivity contribution in [1.29, 1.82) is 0 Å². The lowest BCUT2D eigenvalue weighted by molar-refractivity contribution is -0.149. The summed E-state index contributed by atoms with van der Waals surface area (Å²) in [6.45, 7) is 5.11. The number of rotatable bonds is 4. The van der Waals surface area contributed by atoms with Crippen LogP contribution in [0.3, 0.4) is 0 Å². The van der Waals surface area contributed by atoms with Crippen LogP contribution in [0, 0.1) is 5.92 Å². The number of ether oxygens (including phenoxy) is 1. The van der Waals surface area contributed by atoms with Crippen molar-refractivity contribution in [2.75, 3.05) is 39.8 Å². The van der Waals surface area contributed by atoms with E-state index in [4.69, 9.17) is 10.5 Å². The summed E-state index contributed by atoms with van der Waals surface area (Å²) < 4.78 is 4.96. The van der Waals surface area contributed by atoms with Crippen molar-refractivity contribution in [2.24, 2.45) is 11.7 Å². The predicted molar refractivity (Wildman–Crippen MR) is 77.3 cm³/mol. The molecule has 2 atom stereocenters. The molecule has 5 heteroatoms. The first-order valence-corrected chi connectivity index (χ1v) is 7.97. The Balaban J connectivity index is 1.62. The van der Waals surface area contributed by atoms with Crippen molar-refractivity contribution in [3.63, 3.8) is 0 Å². The van der Waals surface area contributed by atoms with E-state index in [2.05, 4.69) is 9.80 Å². The Morgan fingerprint density at radius 3 is 2.75 bits per heavy atom. The van der Waals surface area contributed by atoms with Gasteiger partial charge < -0.3 is 10.5 Å². The fourth-order valence-corrected chi connectivity index (χ4v) is 3.88. The van der Waals surface area contributed by atoms with Gasteiger partial charge in [0, 0.05) is 32.2 Å². The second kappa shape index (κ2) is 5.62. The number of nitrogens with two attached hydrogens (primary N) is 1. The molecule has 0 aromatic heterocycles. The maximum atomic E-state index is 12.1. The van der Waals surface area contributed by atoms with Gasteiger partial charge >= 0.3 is 5.97 Å². The number of esters is 1. The number of fused-ring (bicyclic) bond motifs is 1. The first-order valence-electron chi connectivity index (χ1n) is 7.97. The minimum Gasteiger partial charge on any atom is -0.468 e. The Morgan fingerprint density at radius 1 is 1.25 bits per heavy atom. The van der Waals surface area contributed by atoms with Gasteiger partial charge in [0.2, 0.25) is 0 Å². The highest BCUT2D eigenvalue weighted by atomic mass is 16.5. The van der Waals surface area contributed by atoms with Gasteiger partial charge in [0.15, 0.2) is 0 Å². The van der Waals surface area contributed by atoms with Crippen molar-refractivity contribution >= 4 is 5.97 Å². The van der Waals surface area contributed by atoms with E-state index < -0.39 is 5.54 Å². The van der Waals surface area contributed by atoms with Crippen LogP contribution in [0.4, 0.5) is 0 Å². The third-order valence-corrected chi connectivity index (χ3v) is 5.28. The van der Waals surface area contributed by atoms with Crippen molar-refractivity contribution in [3.8, 4) is 0 Å². The Hall–Kier alpha value is -0.650. The number of hydrogen-bond acceptors (Lipinski definition) is 5. The molecule has 2 aliphatic heterocycles. The minimum atomic E-state index is -0.786.